The maximum absolute atomic E-state index is 12.4. The standard InChI is InChI=1S/C10H9ClF3N/c11-7-2-5(8-4-9(8)15)1-6(3-7)10(12,13)14/h1-3,8-9H,4,15H2. The molecule has 2 rings (SSSR count). The van der Waals surface area contributed by atoms with Gasteiger partial charge in [-0.05, 0) is 30.2 Å². The Labute approximate surface area is 90.0 Å². The summed E-state index contributed by atoms with van der Waals surface area (Å²) >= 11 is 5.63. The van der Waals surface area contributed by atoms with Gasteiger partial charge in [0.15, 0.2) is 0 Å². The Kier molecular flexibility index (Phi) is 2.43. The first-order valence-electron chi connectivity index (χ1n) is 4.51. The molecule has 1 aliphatic rings. The monoisotopic (exact) mass is 235 g/mol. The van der Waals surface area contributed by atoms with Crippen LogP contribution in [0, 0.1) is 0 Å². The van der Waals surface area contributed by atoms with E-state index in [9.17, 15) is 13.2 Å². The molecule has 1 fully saturated rings. The number of halogens is 4. The van der Waals surface area contributed by atoms with E-state index < -0.39 is 11.7 Å². The first kappa shape index (κ1) is 10.8. The van der Waals surface area contributed by atoms with E-state index in [0.717, 1.165) is 18.6 Å². The molecule has 0 spiro atoms. The molecule has 2 unspecified atom stereocenters. The molecule has 1 aromatic rings. The molecule has 5 heteroatoms. The highest BCUT2D eigenvalue weighted by atomic mass is 35.5. The molecule has 0 saturated heterocycles. The molecule has 2 atom stereocenters. The van der Waals surface area contributed by atoms with Gasteiger partial charge in [0, 0.05) is 17.0 Å². The van der Waals surface area contributed by atoms with E-state index in [1.54, 1.807) is 6.07 Å². The molecule has 0 aromatic heterocycles. The molecule has 0 radical (unpaired) electrons. The van der Waals surface area contributed by atoms with Crippen molar-refractivity contribution in [3.63, 3.8) is 0 Å². The van der Waals surface area contributed by atoms with E-state index >= 15 is 0 Å². The lowest BCUT2D eigenvalue weighted by Gasteiger charge is -2.09. The molecule has 2 N–H and O–H groups in total. The van der Waals surface area contributed by atoms with Crippen LogP contribution < -0.4 is 5.73 Å². The molecule has 1 aliphatic carbocycles. The van der Waals surface area contributed by atoms with Crippen molar-refractivity contribution in [2.24, 2.45) is 5.73 Å². The molecular weight excluding hydrogens is 227 g/mol. The Hall–Kier alpha value is -0.740. The quantitative estimate of drug-likeness (QED) is 0.795. The highest BCUT2D eigenvalue weighted by molar-refractivity contribution is 6.30. The fraction of sp³-hybridized carbons (Fsp3) is 0.400. The fourth-order valence-corrected chi connectivity index (χ4v) is 1.83. The lowest BCUT2D eigenvalue weighted by Crippen LogP contribution is -2.06. The van der Waals surface area contributed by atoms with E-state index in [-0.39, 0.29) is 17.0 Å². The molecule has 0 bridgehead atoms. The van der Waals surface area contributed by atoms with E-state index in [2.05, 4.69) is 0 Å². The summed E-state index contributed by atoms with van der Waals surface area (Å²) in [7, 11) is 0. The zero-order valence-corrected chi connectivity index (χ0v) is 8.44. The van der Waals surface area contributed by atoms with Crippen molar-refractivity contribution >= 4 is 11.6 Å². The van der Waals surface area contributed by atoms with Gasteiger partial charge >= 0.3 is 6.18 Å². The summed E-state index contributed by atoms with van der Waals surface area (Å²) in [6.07, 6.45) is -3.61. The van der Waals surface area contributed by atoms with Crippen LogP contribution in [0.15, 0.2) is 18.2 Å². The summed E-state index contributed by atoms with van der Waals surface area (Å²) in [6.45, 7) is 0. The fourth-order valence-electron chi connectivity index (χ4n) is 1.59. The van der Waals surface area contributed by atoms with Crippen LogP contribution in [-0.4, -0.2) is 6.04 Å². The lowest BCUT2D eigenvalue weighted by molar-refractivity contribution is -0.137. The van der Waals surface area contributed by atoms with Crippen molar-refractivity contribution < 1.29 is 13.2 Å². The minimum atomic E-state index is -4.35. The Balaban J connectivity index is 2.37. The van der Waals surface area contributed by atoms with Gasteiger partial charge in [0.2, 0.25) is 0 Å². The third kappa shape index (κ3) is 2.26. The van der Waals surface area contributed by atoms with Crippen LogP contribution in [0.25, 0.3) is 0 Å². The van der Waals surface area contributed by atoms with Gasteiger partial charge in [0.1, 0.15) is 0 Å². The van der Waals surface area contributed by atoms with Crippen molar-refractivity contribution in [2.75, 3.05) is 0 Å². The Bertz CT molecular complexity index is 389. The smallest absolute Gasteiger partial charge is 0.327 e. The number of rotatable bonds is 1. The van der Waals surface area contributed by atoms with E-state index in [1.165, 1.54) is 0 Å². The van der Waals surface area contributed by atoms with Gasteiger partial charge in [-0.2, -0.15) is 13.2 Å². The number of benzene rings is 1. The summed E-state index contributed by atoms with van der Waals surface area (Å²) < 4.78 is 37.3. The maximum atomic E-state index is 12.4. The minimum Gasteiger partial charge on any atom is -0.327 e. The third-order valence-corrected chi connectivity index (χ3v) is 2.73. The van der Waals surface area contributed by atoms with Crippen molar-refractivity contribution in [1.82, 2.24) is 0 Å². The molecule has 1 saturated carbocycles. The van der Waals surface area contributed by atoms with Gasteiger partial charge in [-0.3, -0.25) is 0 Å². The van der Waals surface area contributed by atoms with Crippen LogP contribution in [0.5, 0.6) is 0 Å². The molecular formula is C10H9ClF3N. The van der Waals surface area contributed by atoms with Gasteiger partial charge in [0.05, 0.1) is 5.56 Å². The first-order chi connectivity index (χ1) is 6.88. The predicted molar refractivity (Wildman–Crippen MR) is 51.8 cm³/mol. The maximum Gasteiger partial charge on any atom is 0.416 e. The average Bonchev–Trinajstić information content (AvgIpc) is 2.80. The molecule has 1 aromatic carbocycles. The molecule has 1 nitrogen and oxygen atoms in total. The minimum absolute atomic E-state index is 0.0236. The lowest BCUT2D eigenvalue weighted by atomic mass is 10.1. The van der Waals surface area contributed by atoms with Gasteiger partial charge in [-0.1, -0.05) is 11.6 Å². The predicted octanol–water partition coefficient (Wildman–Crippen LogP) is 3.17. The first-order valence-corrected chi connectivity index (χ1v) is 4.89. The van der Waals surface area contributed by atoms with Gasteiger partial charge in [-0.15, -0.1) is 0 Å². The molecule has 0 aliphatic heterocycles. The van der Waals surface area contributed by atoms with Crippen LogP contribution in [0.4, 0.5) is 13.2 Å². The summed E-state index contributed by atoms with van der Waals surface area (Å²) in [6, 6.07) is 3.58. The number of nitrogens with two attached hydrogens (primary N) is 1. The molecule has 15 heavy (non-hydrogen) atoms. The van der Waals surface area contributed by atoms with E-state index in [4.69, 9.17) is 17.3 Å². The van der Waals surface area contributed by atoms with Crippen LogP contribution in [0.3, 0.4) is 0 Å². The van der Waals surface area contributed by atoms with Crippen LogP contribution >= 0.6 is 11.6 Å². The van der Waals surface area contributed by atoms with Crippen LogP contribution in [0.1, 0.15) is 23.5 Å². The Morgan fingerprint density at radius 3 is 2.33 bits per heavy atom. The summed E-state index contributed by atoms with van der Waals surface area (Å²) in [5.74, 6) is 0.0322. The average molecular weight is 236 g/mol. The highest BCUT2D eigenvalue weighted by Gasteiger charge is 2.37. The van der Waals surface area contributed by atoms with E-state index in [1.807, 2.05) is 0 Å². The Morgan fingerprint density at radius 1 is 1.27 bits per heavy atom. The molecule has 82 valence electrons. The van der Waals surface area contributed by atoms with Crippen LogP contribution in [-0.2, 0) is 6.18 Å². The summed E-state index contributed by atoms with van der Waals surface area (Å²) in [4.78, 5) is 0. The number of hydrogen-bond acceptors (Lipinski definition) is 1. The van der Waals surface area contributed by atoms with Crippen molar-refractivity contribution in [3.8, 4) is 0 Å². The summed E-state index contributed by atoms with van der Waals surface area (Å²) in [5.41, 5.74) is 5.46. The highest BCUT2D eigenvalue weighted by Crippen LogP contribution is 2.42. The SMILES string of the molecule is NC1CC1c1cc(Cl)cc(C(F)(F)F)c1. The normalized spacial score (nSPS) is 25.4. The van der Waals surface area contributed by atoms with Gasteiger partial charge in [0.25, 0.3) is 0 Å². The number of alkyl halides is 3. The zero-order valence-electron chi connectivity index (χ0n) is 7.68. The van der Waals surface area contributed by atoms with Crippen molar-refractivity contribution in [1.29, 1.82) is 0 Å². The second-order valence-corrected chi connectivity index (χ2v) is 4.21. The second kappa shape index (κ2) is 3.39. The van der Waals surface area contributed by atoms with Gasteiger partial charge < -0.3 is 5.73 Å². The molecule has 0 heterocycles. The van der Waals surface area contributed by atoms with Crippen molar-refractivity contribution in [3.05, 3.63) is 34.3 Å². The Morgan fingerprint density at radius 2 is 1.87 bits per heavy atom. The number of hydrogen-bond donors (Lipinski definition) is 1. The van der Waals surface area contributed by atoms with Crippen LogP contribution in [0.2, 0.25) is 5.02 Å². The third-order valence-electron chi connectivity index (χ3n) is 2.52. The summed E-state index contributed by atoms with van der Waals surface area (Å²) in [5, 5.41) is 0.110. The largest absolute Gasteiger partial charge is 0.416 e. The topological polar surface area (TPSA) is 26.0 Å². The van der Waals surface area contributed by atoms with Crippen molar-refractivity contribution in [2.45, 2.75) is 24.6 Å². The zero-order chi connectivity index (χ0) is 11.2. The molecule has 0 amide bonds. The second-order valence-electron chi connectivity index (χ2n) is 3.78. The van der Waals surface area contributed by atoms with Gasteiger partial charge in [-0.25, -0.2) is 0 Å². The van der Waals surface area contributed by atoms with E-state index in [0.29, 0.717) is 5.56 Å².